The van der Waals surface area contributed by atoms with E-state index in [0.29, 0.717) is 32.7 Å². The van der Waals surface area contributed by atoms with Crippen molar-refractivity contribution in [1.29, 1.82) is 0 Å². The lowest BCUT2D eigenvalue weighted by atomic mass is 10.0. The fraction of sp³-hybridized carbons (Fsp3) is 0.409. The third-order valence-electron chi connectivity index (χ3n) is 6.44. The van der Waals surface area contributed by atoms with Crippen LogP contribution in [0, 0.1) is 5.92 Å². The van der Waals surface area contributed by atoms with Crippen molar-refractivity contribution in [3.8, 4) is 17.1 Å². The van der Waals surface area contributed by atoms with Gasteiger partial charge in [-0.3, -0.25) is 4.79 Å². The first-order valence-corrected chi connectivity index (χ1v) is 11.3. The molecule has 0 saturated heterocycles. The highest BCUT2D eigenvalue weighted by molar-refractivity contribution is 7.17. The SMILES string of the molecule is COc1ccc(CN2Cn3ncnc3-c3c2sc2c3CCN(C(=O)C3CC3(F)F)C2)cc1. The van der Waals surface area contributed by atoms with Gasteiger partial charge in [0.2, 0.25) is 5.91 Å². The molecule has 4 heterocycles. The van der Waals surface area contributed by atoms with Crippen LogP contribution in [0.3, 0.4) is 0 Å². The molecule has 0 N–H and O–H groups in total. The lowest BCUT2D eigenvalue weighted by Gasteiger charge is -2.30. The number of amides is 1. The van der Waals surface area contributed by atoms with Crippen molar-refractivity contribution in [1.82, 2.24) is 19.7 Å². The highest BCUT2D eigenvalue weighted by Crippen LogP contribution is 2.51. The maximum Gasteiger partial charge on any atom is 0.260 e. The molecule has 3 aromatic rings. The van der Waals surface area contributed by atoms with E-state index in [-0.39, 0.29) is 6.42 Å². The summed E-state index contributed by atoms with van der Waals surface area (Å²) in [6, 6.07) is 7.97. The van der Waals surface area contributed by atoms with E-state index >= 15 is 0 Å². The zero-order chi connectivity index (χ0) is 22.0. The van der Waals surface area contributed by atoms with Crippen molar-refractivity contribution in [3.63, 3.8) is 0 Å². The smallest absolute Gasteiger partial charge is 0.260 e. The number of benzene rings is 1. The number of alkyl halides is 2. The summed E-state index contributed by atoms with van der Waals surface area (Å²) >= 11 is 1.63. The van der Waals surface area contributed by atoms with Crippen LogP contribution in [0.4, 0.5) is 13.8 Å². The molecular formula is C22H21F2N5O2S. The maximum absolute atomic E-state index is 13.4. The number of rotatable bonds is 4. The first-order valence-electron chi connectivity index (χ1n) is 10.5. The fourth-order valence-corrected chi connectivity index (χ4v) is 5.94. The van der Waals surface area contributed by atoms with Crippen LogP contribution in [-0.2, 0) is 31.0 Å². The number of carbonyl (C=O) groups excluding carboxylic acids is 1. The van der Waals surface area contributed by atoms with Crippen molar-refractivity contribution in [3.05, 3.63) is 46.6 Å². The Morgan fingerprint density at radius 2 is 2.09 bits per heavy atom. The van der Waals surface area contributed by atoms with Crippen LogP contribution in [0.25, 0.3) is 11.4 Å². The number of fused-ring (bicyclic) bond motifs is 5. The summed E-state index contributed by atoms with van der Waals surface area (Å²) in [5.41, 5.74) is 3.36. The Morgan fingerprint density at radius 1 is 1.31 bits per heavy atom. The third-order valence-corrected chi connectivity index (χ3v) is 7.72. The molecule has 1 amide bonds. The van der Waals surface area contributed by atoms with Gasteiger partial charge in [-0.15, -0.1) is 11.3 Å². The summed E-state index contributed by atoms with van der Waals surface area (Å²) in [7, 11) is 1.65. The normalized spacial score (nSPS) is 20.4. The first-order chi connectivity index (χ1) is 15.4. The molecule has 1 saturated carbocycles. The molecule has 0 spiro atoms. The molecule has 1 fully saturated rings. The highest BCUT2D eigenvalue weighted by Gasteiger charge is 2.62. The molecule has 6 rings (SSSR count). The van der Waals surface area contributed by atoms with Crippen LogP contribution in [0.5, 0.6) is 5.75 Å². The predicted molar refractivity (Wildman–Crippen MR) is 115 cm³/mol. The molecule has 7 nitrogen and oxygen atoms in total. The Bertz CT molecular complexity index is 1210. The quantitative estimate of drug-likeness (QED) is 0.600. The maximum atomic E-state index is 13.4. The van der Waals surface area contributed by atoms with Gasteiger partial charge in [0, 0.05) is 24.4 Å². The molecule has 2 aromatic heterocycles. The van der Waals surface area contributed by atoms with Crippen LogP contribution >= 0.6 is 11.3 Å². The number of carbonyl (C=O) groups is 1. The van der Waals surface area contributed by atoms with Gasteiger partial charge < -0.3 is 14.5 Å². The molecule has 10 heteroatoms. The van der Waals surface area contributed by atoms with Crippen molar-refractivity contribution in [2.45, 2.75) is 38.5 Å². The van der Waals surface area contributed by atoms with E-state index in [1.165, 1.54) is 0 Å². The second kappa shape index (κ2) is 6.99. The largest absolute Gasteiger partial charge is 0.497 e. The summed E-state index contributed by atoms with van der Waals surface area (Å²) in [5.74, 6) is -2.77. The number of ether oxygens (including phenoxy) is 1. The molecule has 1 unspecified atom stereocenters. The zero-order valence-corrected chi connectivity index (χ0v) is 18.2. The zero-order valence-electron chi connectivity index (χ0n) is 17.4. The Morgan fingerprint density at radius 3 is 2.81 bits per heavy atom. The van der Waals surface area contributed by atoms with E-state index in [9.17, 15) is 13.6 Å². The Hall–Kier alpha value is -3.01. The van der Waals surface area contributed by atoms with Crippen LogP contribution in [0.1, 0.15) is 22.4 Å². The second-order valence-electron chi connectivity index (χ2n) is 8.48. The van der Waals surface area contributed by atoms with Gasteiger partial charge >= 0.3 is 0 Å². The van der Waals surface area contributed by atoms with Crippen LogP contribution in [-0.4, -0.2) is 45.1 Å². The lowest BCUT2D eigenvalue weighted by molar-refractivity contribution is -0.135. The second-order valence-corrected chi connectivity index (χ2v) is 9.57. The Balaban J connectivity index is 1.32. The van der Waals surface area contributed by atoms with Gasteiger partial charge in [-0.1, -0.05) is 12.1 Å². The number of halogens is 2. The minimum atomic E-state index is -2.84. The van der Waals surface area contributed by atoms with Gasteiger partial charge in [-0.25, -0.2) is 18.4 Å². The van der Waals surface area contributed by atoms with E-state index in [2.05, 4.69) is 15.0 Å². The van der Waals surface area contributed by atoms with Gasteiger partial charge in [0.1, 0.15) is 29.7 Å². The standard InChI is InChI=1S/C22H21F2N5O2S/c1-31-14-4-2-13(3-5-14)9-28-12-29-19(25-11-26-29)18-15-6-7-27(10-17(15)32-21(18)28)20(30)16-8-22(16,23)24/h2-5,11,16H,6-10,12H2,1H3. The topological polar surface area (TPSA) is 63.5 Å². The number of hydrogen-bond acceptors (Lipinski definition) is 6. The van der Waals surface area contributed by atoms with Crippen molar-refractivity contribution >= 4 is 22.2 Å². The van der Waals surface area contributed by atoms with E-state index in [1.807, 2.05) is 28.9 Å². The first kappa shape index (κ1) is 19.7. The van der Waals surface area contributed by atoms with Crippen molar-refractivity contribution in [2.24, 2.45) is 5.92 Å². The van der Waals surface area contributed by atoms with Crippen LogP contribution < -0.4 is 9.64 Å². The van der Waals surface area contributed by atoms with Crippen molar-refractivity contribution in [2.75, 3.05) is 18.6 Å². The molecule has 1 atom stereocenters. The molecule has 1 aliphatic carbocycles. The lowest BCUT2D eigenvalue weighted by Crippen LogP contribution is -2.37. The van der Waals surface area contributed by atoms with Crippen LogP contribution in [0.2, 0.25) is 0 Å². The summed E-state index contributed by atoms with van der Waals surface area (Å²) in [6.45, 7) is 2.09. The van der Waals surface area contributed by atoms with Gasteiger partial charge in [0.05, 0.1) is 19.2 Å². The summed E-state index contributed by atoms with van der Waals surface area (Å²) in [4.78, 5) is 21.9. The summed E-state index contributed by atoms with van der Waals surface area (Å²) in [5, 5.41) is 5.49. The monoisotopic (exact) mass is 457 g/mol. The molecule has 2 aliphatic heterocycles. The Labute approximate surface area is 187 Å². The molecule has 3 aliphatic rings. The number of thiophene rings is 1. The number of methoxy groups -OCH3 is 1. The molecule has 1 aromatic carbocycles. The summed E-state index contributed by atoms with van der Waals surface area (Å²) < 4.78 is 34.0. The molecular weight excluding hydrogens is 436 g/mol. The van der Waals surface area contributed by atoms with Crippen LogP contribution in [0.15, 0.2) is 30.6 Å². The number of anilines is 1. The minimum absolute atomic E-state index is 0.325. The third kappa shape index (κ3) is 3.08. The van der Waals surface area contributed by atoms with Gasteiger partial charge in [0.25, 0.3) is 5.92 Å². The fourth-order valence-electron chi connectivity index (χ4n) is 4.59. The van der Waals surface area contributed by atoms with Gasteiger partial charge in [-0.05, 0) is 29.7 Å². The Kier molecular flexibility index (Phi) is 4.30. The molecule has 0 radical (unpaired) electrons. The highest BCUT2D eigenvalue weighted by atomic mass is 32.1. The van der Waals surface area contributed by atoms with Gasteiger partial charge in [0.15, 0.2) is 5.82 Å². The number of nitrogens with zero attached hydrogens (tertiary/aromatic N) is 5. The minimum Gasteiger partial charge on any atom is -0.497 e. The average Bonchev–Trinajstić information content (AvgIpc) is 3.12. The predicted octanol–water partition coefficient (Wildman–Crippen LogP) is 3.53. The number of aromatic nitrogens is 3. The average molecular weight is 458 g/mol. The van der Waals surface area contributed by atoms with E-state index < -0.39 is 17.7 Å². The van der Waals surface area contributed by atoms with E-state index in [4.69, 9.17) is 4.74 Å². The molecule has 166 valence electrons. The summed E-state index contributed by atoms with van der Waals surface area (Å²) in [6.07, 6.45) is 1.87. The van der Waals surface area contributed by atoms with Crippen molar-refractivity contribution < 1.29 is 18.3 Å². The van der Waals surface area contributed by atoms with Gasteiger partial charge in [-0.2, -0.15) is 5.10 Å². The van der Waals surface area contributed by atoms with E-state index in [0.717, 1.165) is 38.1 Å². The van der Waals surface area contributed by atoms with E-state index in [1.54, 1.807) is 29.7 Å². The molecule has 32 heavy (non-hydrogen) atoms. The number of hydrogen-bond donors (Lipinski definition) is 0. The molecule has 0 bridgehead atoms.